The van der Waals surface area contributed by atoms with Gasteiger partial charge in [-0.15, -0.1) is 0 Å². The quantitative estimate of drug-likeness (QED) is 0.0261. The predicted molar refractivity (Wildman–Crippen MR) is 325 cm³/mol. The van der Waals surface area contributed by atoms with Crippen LogP contribution >= 0.6 is 0 Å². The molecule has 0 N–H and O–H groups in total. The van der Waals surface area contributed by atoms with Crippen LogP contribution in [0.15, 0.2) is 146 Å². The third-order valence-corrected chi connectivity index (χ3v) is 12.3. The van der Waals surface area contributed by atoms with E-state index in [2.05, 4.69) is 167 Å². The van der Waals surface area contributed by atoms with Crippen LogP contribution in [0.2, 0.25) is 0 Å². The molecule has 0 saturated carbocycles. The Morgan fingerprint density at radius 1 is 0.280 bits per heavy atom. The van der Waals surface area contributed by atoms with Crippen molar-refractivity contribution in [1.29, 1.82) is 0 Å². The SMILES string of the molecule is CC/C=C\C/C=C\C/C=C\C/C=C\C/C=C\C/C=C\C/C=C\CCCC(=O)OCC(COC(=O)CCCCCCCCCCCCCCCCCCC)OC(=O)CCC/C=C\C/C=C\C/C=C\C/C=C\C/C=C\CC. The standard InChI is InChI=1S/C69H110O6/c1-4-7-10-13-16-19-22-25-28-31-32-33-34-35-36-39-41-44-47-50-53-56-59-62-68(71)74-65-66(75-69(72)63-60-57-54-51-48-45-42-38-30-27-24-21-18-15-12-9-6-3)64-73-67(70)61-58-55-52-49-46-43-40-37-29-26-23-20-17-14-11-8-5-2/h7,9-10,12,16,18-19,21,25,27-28,30,32-33,35-36,41-42,44-45,50-51,53-54,66H,4-6,8,11,13-15,17,20,22-24,26,29,31,34,37-40,43,46-49,52,55-65H2,1-3H3/b10-7-,12-9-,19-16-,21-18-,28-25-,30-27-,33-32-,36-35-,44-41-,45-42-,53-50-,54-51-. The van der Waals surface area contributed by atoms with E-state index in [1.54, 1.807) is 0 Å². The number of hydrogen-bond acceptors (Lipinski definition) is 6. The molecule has 0 aliphatic carbocycles. The highest BCUT2D eigenvalue weighted by Crippen LogP contribution is 2.15. The fourth-order valence-corrected chi connectivity index (χ4v) is 7.88. The van der Waals surface area contributed by atoms with Crippen LogP contribution in [0.5, 0.6) is 0 Å². The fourth-order valence-electron chi connectivity index (χ4n) is 7.88. The van der Waals surface area contributed by atoms with Crippen LogP contribution in [-0.2, 0) is 28.6 Å². The third-order valence-electron chi connectivity index (χ3n) is 12.3. The molecule has 0 aliphatic heterocycles. The van der Waals surface area contributed by atoms with Gasteiger partial charge in [0.15, 0.2) is 6.10 Å². The van der Waals surface area contributed by atoms with Crippen LogP contribution in [0.3, 0.4) is 0 Å². The van der Waals surface area contributed by atoms with Gasteiger partial charge in [0.2, 0.25) is 0 Å². The zero-order valence-electron chi connectivity index (χ0n) is 48.3. The van der Waals surface area contributed by atoms with Crippen molar-refractivity contribution in [3.05, 3.63) is 146 Å². The average molecular weight is 1040 g/mol. The number of esters is 3. The van der Waals surface area contributed by atoms with E-state index < -0.39 is 6.10 Å². The van der Waals surface area contributed by atoms with Crippen molar-refractivity contribution in [2.45, 2.75) is 258 Å². The highest BCUT2D eigenvalue weighted by Gasteiger charge is 2.19. The molecule has 0 aliphatic rings. The molecule has 0 amide bonds. The summed E-state index contributed by atoms with van der Waals surface area (Å²) in [4.78, 5) is 38.2. The minimum atomic E-state index is -0.837. The number of rotatable bonds is 53. The molecule has 0 rings (SSSR count). The van der Waals surface area contributed by atoms with E-state index >= 15 is 0 Å². The van der Waals surface area contributed by atoms with E-state index in [1.807, 2.05) is 0 Å². The Morgan fingerprint density at radius 2 is 0.520 bits per heavy atom. The maximum absolute atomic E-state index is 12.9. The van der Waals surface area contributed by atoms with Crippen LogP contribution in [0.4, 0.5) is 0 Å². The summed E-state index contributed by atoms with van der Waals surface area (Å²) in [7, 11) is 0. The molecule has 0 bridgehead atoms. The van der Waals surface area contributed by atoms with E-state index in [0.29, 0.717) is 19.3 Å². The van der Waals surface area contributed by atoms with E-state index in [4.69, 9.17) is 14.2 Å². The summed E-state index contributed by atoms with van der Waals surface area (Å²) in [5, 5.41) is 0. The lowest BCUT2D eigenvalue weighted by Gasteiger charge is -2.18. The maximum Gasteiger partial charge on any atom is 0.306 e. The lowest BCUT2D eigenvalue weighted by atomic mass is 10.0. The van der Waals surface area contributed by atoms with Crippen molar-refractivity contribution in [1.82, 2.24) is 0 Å². The van der Waals surface area contributed by atoms with Crippen molar-refractivity contribution in [2.24, 2.45) is 0 Å². The van der Waals surface area contributed by atoms with Gasteiger partial charge in [0, 0.05) is 19.3 Å². The maximum atomic E-state index is 12.9. The van der Waals surface area contributed by atoms with E-state index in [0.717, 1.165) is 109 Å². The van der Waals surface area contributed by atoms with Gasteiger partial charge in [0.05, 0.1) is 0 Å². The second-order valence-electron chi connectivity index (χ2n) is 19.5. The minimum Gasteiger partial charge on any atom is -0.462 e. The van der Waals surface area contributed by atoms with Gasteiger partial charge < -0.3 is 14.2 Å². The molecule has 6 nitrogen and oxygen atoms in total. The second-order valence-corrected chi connectivity index (χ2v) is 19.5. The first-order valence-electron chi connectivity index (χ1n) is 30.3. The lowest BCUT2D eigenvalue weighted by Crippen LogP contribution is -2.30. The molecule has 75 heavy (non-hydrogen) atoms. The molecule has 0 saturated heterocycles. The van der Waals surface area contributed by atoms with E-state index in [1.165, 1.54) is 89.9 Å². The average Bonchev–Trinajstić information content (AvgIpc) is 3.41. The van der Waals surface area contributed by atoms with E-state index in [9.17, 15) is 14.4 Å². The predicted octanol–water partition coefficient (Wildman–Crippen LogP) is 20.8. The van der Waals surface area contributed by atoms with Gasteiger partial charge in [0.1, 0.15) is 13.2 Å². The largest absolute Gasteiger partial charge is 0.462 e. The van der Waals surface area contributed by atoms with Crippen LogP contribution in [0.25, 0.3) is 0 Å². The summed E-state index contributed by atoms with van der Waals surface area (Å²) < 4.78 is 16.8. The molecule has 0 aromatic rings. The Hall–Kier alpha value is -4.71. The first-order chi connectivity index (χ1) is 37.0. The Bertz CT molecular complexity index is 1660. The van der Waals surface area contributed by atoms with Gasteiger partial charge >= 0.3 is 17.9 Å². The zero-order valence-corrected chi connectivity index (χ0v) is 48.3. The van der Waals surface area contributed by atoms with Crippen LogP contribution in [-0.4, -0.2) is 37.2 Å². The summed E-state index contributed by atoms with van der Waals surface area (Å²) in [5.41, 5.74) is 0. The Kier molecular flexibility index (Phi) is 58.0. The molecule has 0 aromatic carbocycles. The molecule has 0 fully saturated rings. The van der Waals surface area contributed by atoms with Crippen molar-refractivity contribution in [2.75, 3.05) is 13.2 Å². The van der Waals surface area contributed by atoms with Crippen molar-refractivity contribution in [3.8, 4) is 0 Å². The monoisotopic (exact) mass is 1030 g/mol. The molecule has 6 heteroatoms. The number of allylic oxidation sites excluding steroid dienone is 24. The Balaban J connectivity index is 4.57. The lowest BCUT2D eigenvalue weighted by molar-refractivity contribution is -0.167. The minimum absolute atomic E-state index is 0.122. The summed E-state index contributed by atoms with van der Waals surface area (Å²) >= 11 is 0. The van der Waals surface area contributed by atoms with Gasteiger partial charge in [-0.25, -0.2) is 0 Å². The first-order valence-corrected chi connectivity index (χ1v) is 30.3. The molecule has 1 atom stereocenters. The van der Waals surface area contributed by atoms with Gasteiger partial charge in [-0.2, -0.15) is 0 Å². The summed E-state index contributed by atoms with van der Waals surface area (Å²) in [5.74, 6) is -1.04. The van der Waals surface area contributed by atoms with Gasteiger partial charge in [0.25, 0.3) is 0 Å². The van der Waals surface area contributed by atoms with Gasteiger partial charge in [-0.3, -0.25) is 14.4 Å². The second kappa shape index (κ2) is 61.8. The highest BCUT2D eigenvalue weighted by molar-refractivity contribution is 5.71. The molecule has 0 aromatic heterocycles. The van der Waals surface area contributed by atoms with Crippen molar-refractivity contribution >= 4 is 17.9 Å². The van der Waals surface area contributed by atoms with Gasteiger partial charge in [-0.1, -0.05) is 269 Å². The van der Waals surface area contributed by atoms with Crippen LogP contribution in [0, 0.1) is 0 Å². The van der Waals surface area contributed by atoms with Gasteiger partial charge in [-0.05, 0) is 109 Å². The molecule has 0 radical (unpaired) electrons. The fraction of sp³-hybridized carbons (Fsp3) is 0.609. The number of ether oxygens (including phenoxy) is 3. The number of carbonyl (C=O) groups is 3. The van der Waals surface area contributed by atoms with Crippen LogP contribution < -0.4 is 0 Å². The Morgan fingerprint density at radius 3 is 0.813 bits per heavy atom. The third kappa shape index (κ3) is 60.0. The molecule has 1 unspecified atom stereocenters. The first kappa shape index (κ1) is 70.3. The highest BCUT2D eigenvalue weighted by atomic mass is 16.6. The topological polar surface area (TPSA) is 78.9 Å². The smallest absolute Gasteiger partial charge is 0.306 e. The Labute approximate surface area is 461 Å². The molecule has 0 spiro atoms. The molecular weight excluding hydrogens is 925 g/mol. The summed E-state index contributed by atoms with van der Waals surface area (Å²) in [6.45, 7) is 6.32. The van der Waals surface area contributed by atoms with Crippen molar-refractivity contribution in [3.63, 3.8) is 0 Å². The number of hydrogen-bond donors (Lipinski definition) is 0. The molecular formula is C69H110O6. The normalized spacial score (nSPS) is 13.2. The number of unbranched alkanes of at least 4 members (excludes halogenated alkanes) is 18. The van der Waals surface area contributed by atoms with E-state index in [-0.39, 0.29) is 44.0 Å². The summed E-state index contributed by atoms with van der Waals surface area (Å²) in [6, 6.07) is 0. The molecule has 422 valence electrons. The van der Waals surface area contributed by atoms with Crippen molar-refractivity contribution < 1.29 is 28.6 Å². The summed E-state index contributed by atoms with van der Waals surface area (Å²) in [6.07, 6.45) is 88.5. The number of carbonyl (C=O) groups excluding carboxylic acids is 3. The molecule has 0 heterocycles. The van der Waals surface area contributed by atoms with Crippen LogP contribution in [0.1, 0.15) is 252 Å². The zero-order chi connectivity index (χ0) is 54.3.